The van der Waals surface area contributed by atoms with Crippen LogP contribution in [0.3, 0.4) is 0 Å². The summed E-state index contributed by atoms with van der Waals surface area (Å²) in [5, 5.41) is 6.66. The molecule has 0 aliphatic carbocycles. The molecule has 1 aromatic rings. The van der Waals surface area contributed by atoms with Crippen LogP contribution in [0.15, 0.2) is 23.7 Å². The summed E-state index contributed by atoms with van der Waals surface area (Å²) in [5.41, 5.74) is 0. The van der Waals surface area contributed by atoms with Gasteiger partial charge in [-0.1, -0.05) is 0 Å². The highest BCUT2D eigenvalue weighted by molar-refractivity contribution is 5.79. The van der Waals surface area contributed by atoms with Crippen LogP contribution >= 0.6 is 0 Å². The maximum Gasteiger partial charge on any atom is 0.191 e. The molecule has 25 heavy (non-hydrogen) atoms. The van der Waals surface area contributed by atoms with Crippen molar-refractivity contribution in [3.63, 3.8) is 0 Å². The molecule has 1 aliphatic rings. The first-order valence-corrected chi connectivity index (χ1v) is 9.52. The summed E-state index contributed by atoms with van der Waals surface area (Å²) in [6.07, 6.45) is 9.88. The van der Waals surface area contributed by atoms with Crippen molar-refractivity contribution in [2.45, 2.75) is 39.2 Å². The maximum absolute atomic E-state index is 5.79. The van der Waals surface area contributed by atoms with Gasteiger partial charge in [-0.15, -0.1) is 0 Å². The molecule has 0 amide bonds. The molecule has 0 aromatic carbocycles. The van der Waals surface area contributed by atoms with Gasteiger partial charge in [0.15, 0.2) is 5.96 Å². The van der Waals surface area contributed by atoms with Gasteiger partial charge in [-0.2, -0.15) is 0 Å². The molecule has 0 atom stereocenters. The van der Waals surface area contributed by atoms with Gasteiger partial charge in [-0.05, 0) is 38.5 Å². The molecular formula is C18H33N5O2. The Labute approximate surface area is 151 Å². The van der Waals surface area contributed by atoms with Crippen LogP contribution in [-0.2, 0) is 16.0 Å². The molecule has 2 heterocycles. The lowest BCUT2D eigenvalue weighted by Gasteiger charge is -2.21. The van der Waals surface area contributed by atoms with E-state index in [1.165, 1.54) is 0 Å². The lowest BCUT2D eigenvalue weighted by atomic mass is 10.0. The van der Waals surface area contributed by atoms with Gasteiger partial charge in [0.2, 0.25) is 0 Å². The summed E-state index contributed by atoms with van der Waals surface area (Å²) in [7, 11) is 0. The zero-order chi connectivity index (χ0) is 17.6. The molecule has 1 aromatic heterocycles. The number of hydrogen-bond acceptors (Lipinski definition) is 4. The maximum atomic E-state index is 5.79. The van der Waals surface area contributed by atoms with E-state index < -0.39 is 0 Å². The molecule has 2 rings (SSSR count). The Balaban J connectivity index is 1.51. The zero-order valence-corrected chi connectivity index (χ0v) is 15.5. The molecule has 0 unspecified atom stereocenters. The van der Waals surface area contributed by atoms with Crippen LogP contribution in [0.2, 0.25) is 0 Å². The third kappa shape index (κ3) is 8.88. The van der Waals surface area contributed by atoms with Crippen molar-refractivity contribution in [2.75, 3.05) is 46.1 Å². The Bertz CT molecular complexity index is 458. The van der Waals surface area contributed by atoms with Crippen LogP contribution in [0.1, 0.15) is 32.6 Å². The molecular weight excluding hydrogens is 318 g/mol. The Morgan fingerprint density at radius 1 is 1.32 bits per heavy atom. The third-order valence-electron chi connectivity index (χ3n) is 4.20. The highest BCUT2D eigenvalue weighted by Crippen LogP contribution is 2.14. The molecule has 1 fully saturated rings. The normalized spacial score (nSPS) is 16.1. The molecule has 7 nitrogen and oxygen atoms in total. The molecule has 0 saturated carbocycles. The second-order valence-electron chi connectivity index (χ2n) is 6.33. The van der Waals surface area contributed by atoms with Crippen LogP contribution in [-0.4, -0.2) is 61.6 Å². The van der Waals surface area contributed by atoms with E-state index in [-0.39, 0.29) is 0 Å². The number of imidazole rings is 1. The molecule has 2 N–H and O–H groups in total. The number of ether oxygens (including phenoxy) is 2. The Morgan fingerprint density at radius 2 is 2.20 bits per heavy atom. The fraction of sp³-hybridized carbons (Fsp3) is 0.778. The second-order valence-corrected chi connectivity index (χ2v) is 6.33. The Hall–Kier alpha value is -1.60. The van der Waals surface area contributed by atoms with Gasteiger partial charge >= 0.3 is 0 Å². The van der Waals surface area contributed by atoms with Gasteiger partial charge in [0, 0.05) is 65.0 Å². The summed E-state index contributed by atoms with van der Waals surface area (Å²) in [6, 6.07) is 0. The predicted molar refractivity (Wildman–Crippen MR) is 99.8 cm³/mol. The van der Waals surface area contributed by atoms with E-state index in [0.29, 0.717) is 5.92 Å². The quantitative estimate of drug-likeness (QED) is 0.360. The summed E-state index contributed by atoms with van der Waals surface area (Å²) in [4.78, 5) is 8.65. The van der Waals surface area contributed by atoms with Crippen LogP contribution in [0.25, 0.3) is 0 Å². The van der Waals surface area contributed by atoms with Crippen LogP contribution in [0.5, 0.6) is 0 Å². The summed E-state index contributed by atoms with van der Waals surface area (Å²) >= 11 is 0. The Kier molecular flexibility index (Phi) is 10.0. The first-order valence-electron chi connectivity index (χ1n) is 9.52. The number of nitrogens with zero attached hydrogens (tertiary/aromatic N) is 3. The number of rotatable bonds is 11. The molecule has 0 bridgehead atoms. The summed E-state index contributed by atoms with van der Waals surface area (Å²) in [5.74, 6) is 1.56. The SMILES string of the molecule is CCNC(=NCCCn1ccnc1)NCCCOCC1CCOCC1. The van der Waals surface area contributed by atoms with Crippen molar-refractivity contribution in [1.82, 2.24) is 20.2 Å². The number of hydrogen-bond donors (Lipinski definition) is 2. The number of aliphatic imine (C=N–C) groups is 1. The largest absolute Gasteiger partial charge is 0.381 e. The minimum absolute atomic E-state index is 0.677. The fourth-order valence-corrected chi connectivity index (χ4v) is 2.75. The van der Waals surface area contributed by atoms with Gasteiger partial charge < -0.3 is 24.7 Å². The van der Waals surface area contributed by atoms with Crippen molar-refractivity contribution < 1.29 is 9.47 Å². The number of aromatic nitrogens is 2. The number of guanidine groups is 1. The van der Waals surface area contributed by atoms with Gasteiger partial charge in [0.25, 0.3) is 0 Å². The van der Waals surface area contributed by atoms with Crippen LogP contribution in [0, 0.1) is 5.92 Å². The Morgan fingerprint density at radius 3 is 2.96 bits per heavy atom. The van der Waals surface area contributed by atoms with E-state index in [4.69, 9.17) is 9.47 Å². The molecule has 1 aliphatic heterocycles. The van der Waals surface area contributed by atoms with E-state index >= 15 is 0 Å². The van der Waals surface area contributed by atoms with Crippen LogP contribution < -0.4 is 10.6 Å². The van der Waals surface area contributed by atoms with E-state index in [2.05, 4.69) is 32.1 Å². The monoisotopic (exact) mass is 351 g/mol. The highest BCUT2D eigenvalue weighted by atomic mass is 16.5. The van der Waals surface area contributed by atoms with Crippen molar-refractivity contribution in [1.29, 1.82) is 0 Å². The van der Waals surface area contributed by atoms with E-state index in [0.717, 1.165) is 84.2 Å². The lowest BCUT2D eigenvalue weighted by Crippen LogP contribution is -2.38. The fourth-order valence-electron chi connectivity index (χ4n) is 2.75. The van der Waals surface area contributed by atoms with Gasteiger partial charge in [-0.25, -0.2) is 4.98 Å². The average Bonchev–Trinajstić information content (AvgIpc) is 3.16. The first-order chi connectivity index (χ1) is 12.4. The van der Waals surface area contributed by atoms with Crippen LogP contribution in [0.4, 0.5) is 0 Å². The summed E-state index contributed by atoms with van der Waals surface area (Å²) < 4.78 is 13.2. The van der Waals surface area contributed by atoms with Gasteiger partial charge in [-0.3, -0.25) is 4.99 Å². The molecule has 7 heteroatoms. The smallest absolute Gasteiger partial charge is 0.191 e. The van der Waals surface area contributed by atoms with Crippen molar-refractivity contribution >= 4 is 5.96 Å². The van der Waals surface area contributed by atoms with Crippen molar-refractivity contribution in [3.05, 3.63) is 18.7 Å². The van der Waals surface area contributed by atoms with Crippen molar-refractivity contribution in [3.8, 4) is 0 Å². The highest BCUT2D eigenvalue weighted by Gasteiger charge is 2.13. The minimum Gasteiger partial charge on any atom is -0.381 e. The van der Waals surface area contributed by atoms with Gasteiger partial charge in [0.1, 0.15) is 0 Å². The molecule has 1 saturated heterocycles. The topological polar surface area (TPSA) is 72.7 Å². The van der Waals surface area contributed by atoms with Crippen molar-refractivity contribution in [2.24, 2.45) is 10.9 Å². The zero-order valence-electron chi connectivity index (χ0n) is 15.5. The lowest BCUT2D eigenvalue weighted by molar-refractivity contribution is 0.0203. The first kappa shape index (κ1) is 19.7. The second kappa shape index (κ2) is 12.7. The summed E-state index contributed by atoms with van der Waals surface area (Å²) in [6.45, 7) is 9.01. The van der Waals surface area contributed by atoms with E-state index in [9.17, 15) is 0 Å². The number of nitrogens with one attached hydrogen (secondary N) is 2. The predicted octanol–water partition coefficient (Wildman–Crippen LogP) is 1.66. The standard InChI is InChI=1S/C18H33N5O2/c1-2-20-18(21-7-3-10-23-11-9-19-16-23)22-8-4-12-25-15-17-5-13-24-14-6-17/h9,11,16-17H,2-8,10,12-15H2,1H3,(H2,20,21,22). The molecule has 142 valence electrons. The van der Waals surface area contributed by atoms with E-state index in [1.807, 2.05) is 12.5 Å². The minimum atomic E-state index is 0.677. The third-order valence-corrected chi connectivity index (χ3v) is 4.20. The number of aryl methyl sites for hydroxylation is 1. The van der Waals surface area contributed by atoms with E-state index in [1.54, 1.807) is 6.20 Å². The molecule has 0 radical (unpaired) electrons. The average molecular weight is 351 g/mol. The molecule has 0 spiro atoms. The van der Waals surface area contributed by atoms with Gasteiger partial charge in [0.05, 0.1) is 6.33 Å².